The molecular formula is C14H13N3O. The molecule has 4 heteroatoms. The number of aryl methyl sites for hydroxylation is 1. The van der Waals surface area contributed by atoms with Crippen LogP contribution in [0.2, 0.25) is 0 Å². The summed E-state index contributed by atoms with van der Waals surface area (Å²) in [4.78, 5) is 11.9. The maximum atomic E-state index is 9.10. The molecule has 3 heterocycles. The zero-order valence-corrected chi connectivity index (χ0v) is 10.0. The van der Waals surface area contributed by atoms with E-state index in [4.69, 9.17) is 5.11 Å². The van der Waals surface area contributed by atoms with Crippen molar-refractivity contribution in [2.45, 2.75) is 13.5 Å². The largest absolute Gasteiger partial charge is 0.390 e. The predicted molar refractivity (Wildman–Crippen MR) is 70.0 cm³/mol. The number of nitrogens with one attached hydrogen (secondary N) is 1. The van der Waals surface area contributed by atoms with Gasteiger partial charge in [-0.1, -0.05) is 6.07 Å². The van der Waals surface area contributed by atoms with E-state index in [-0.39, 0.29) is 6.61 Å². The molecule has 0 saturated carbocycles. The van der Waals surface area contributed by atoms with Crippen molar-refractivity contribution in [3.8, 4) is 11.3 Å². The standard InChI is InChI=1S/C14H13N3O/c1-9-5-10-6-11(7-15-14(10)16-9)13-4-2-3-12(8-18)17-13/h2-7,18H,8H2,1H3,(H,15,16). The fourth-order valence-corrected chi connectivity index (χ4v) is 2.02. The first-order valence-corrected chi connectivity index (χ1v) is 5.79. The summed E-state index contributed by atoms with van der Waals surface area (Å²) in [6.45, 7) is 1.96. The highest BCUT2D eigenvalue weighted by atomic mass is 16.3. The van der Waals surface area contributed by atoms with Gasteiger partial charge in [0.15, 0.2) is 0 Å². The summed E-state index contributed by atoms with van der Waals surface area (Å²) >= 11 is 0. The lowest BCUT2D eigenvalue weighted by Crippen LogP contribution is -1.91. The fraction of sp³-hybridized carbons (Fsp3) is 0.143. The second-order valence-electron chi connectivity index (χ2n) is 4.29. The SMILES string of the molecule is Cc1cc2cc(-c3cccc(CO)n3)cnc2[nH]1. The lowest BCUT2D eigenvalue weighted by molar-refractivity contribution is 0.277. The summed E-state index contributed by atoms with van der Waals surface area (Å²) in [6.07, 6.45) is 1.79. The molecule has 3 aromatic heterocycles. The molecule has 0 radical (unpaired) electrons. The molecule has 0 aromatic carbocycles. The van der Waals surface area contributed by atoms with Gasteiger partial charge in [0.05, 0.1) is 18.0 Å². The Morgan fingerprint density at radius 1 is 1.28 bits per heavy atom. The zero-order valence-electron chi connectivity index (χ0n) is 10.0. The molecule has 18 heavy (non-hydrogen) atoms. The Morgan fingerprint density at radius 2 is 2.17 bits per heavy atom. The summed E-state index contributed by atoms with van der Waals surface area (Å²) in [7, 11) is 0. The van der Waals surface area contributed by atoms with Crippen molar-refractivity contribution in [2.75, 3.05) is 0 Å². The normalized spacial score (nSPS) is 11.0. The smallest absolute Gasteiger partial charge is 0.137 e. The van der Waals surface area contributed by atoms with Gasteiger partial charge in [-0.15, -0.1) is 0 Å². The van der Waals surface area contributed by atoms with Gasteiger partial charge in [-0.25, -0.2) is 4.98 Å². The van der Waals surface area contributed by atoms with Crippen LogP contribution in [0.1, 0.15) is 11.4 Å². The first-order valence-electron chi connectivity index (χ1n) is 5.79. The summed E-state index contributed by atoms with van der Waals surface area (Å²) < 4.78 is 0. The number of pyridine rings is 2. The Labute approximate surface area is 104 Å². The van der Waals surface area contributed by atoms with Gasteiger partial charge in [0, 0.05) is 22.8 Å². The average Bonchev–Trinajstić information content (AvgIpc) is 2.77. The van der Waals surface area contributed by atoms with Gasteiger partial charge in [-0.3, -0.25) is 4.98 Å². The number of aromatic nitrogens is 3. The van der Waals surface area contributed by atoms with Crippen molar-refractivity contribution in [3.63, 3.8) is 0 Å². The summed E-state index contributed by atoms with van der Waals surface area (Å²) in [5, 5.41) is 10.2. The molecule has 0 atom stereocenters. The average molecular weight is 239 g/mol. The molecular weight excluding hydrogens is 226 g/mol. The Hall–Kier alpha value is -2.20. The summed E-state index contributed by atoms with van der Waals surface area (Å²) in [5.41, 5.74) is 4.42. The Bertz CT molecular complexity index is 703. The van der Waals surface area contributed by atoms with Gasteiger partial charge in [0.2, 0.25) is 0 Å². The maximum Gasteiger partial charge on any atom is 0.137 e. The van der Waals surface area contributed by atoms with Crippen LogP contribution in [0, 0.1) is 6.92 Å². The van der Waals surface area contributed by atoms with E-state index in [1.165, 1.54) is 0 Å². The third-order valence-corrected chi connectivity index (χ3v) is 2.87. The molecule has 3 rings (SSSR count). The van der Waals surface area contributed by atoms with E-state index in [0.29, 0.717) is 5.69 Å². The molecule has 0 aliphatic rings. The molecule has 90 valence electrons. The molecule has 0 aliphatic heterocycles. The van der Waals surface area contributed by atoms with Crippen LogP contribution in [0.15, 0.2) is 36.5 Å². The first-order chi connectivity index (χ1) is 8.76. The number of hydrogen-bond donors (Lipinski definition) is 2. The van der Waals surface area contributed by atoms with E-state index in [1.54, 1.807) is 12.3 Å². The molecule has 0 fully saturated rings. The van der Waals surface area contributed by atoms with E-state index >= 15 is 0 Å². The predicted octanol–water partition coefficient (Wildman–Crippen LogP) is 2.43. The molecule has 0 unspecified atom stereocenters. The molecule has 0 spiro atoms. The molecule has 4 nitrogen and oxygen atoms in total. The van der Waals surface area contributed by atoms with E-state index in [1.807, 2.05) is 19.1 Å². The van der Waals surface area contributed by atoms with E-state index in [2.05, 4.69) is 27.1 Å². The summed E-state index contributed by atoms with van der Waals surface area (Å²) in [5.74, 6) is 0. The highest BCUT2D eigenvalue weighted by Gasteiger charge is 2.04. The van der Waals surface area contributed by atoms with Crippen LogP contribution in [0.3, 0.4) is 0 Å². The van der Waals surface area contributed by atoms with Crippen LogP contribution in [-0.4, -0.2) is 20.1 Å². The molecule has 3 aromatic rings. The van der Waals surface area contributed by atoms with Gasteiger partial charge in [0.1, 0.15) is 5.65 Å². The molecule has 0 amide bonds. The minimum atomic E-state index is -0.0488. The molecule has 0 aliphatic carbocycles. The zero-order chi connectivity index (χ0) is 12.5. The lowest BCUT2D eigenvalue weighted by Gasteiger charge is -2.02. The second-order valence-corrected chi connectivity index (χ2v) is 4.29. The van der Waals surface area contributed by atoms with Gasteiger partial charge >= 0.3 is 0 Å². The highest BCUT2D eigenvalue weighted by molar-refractivity contribution is 5.81. The number of hydrogen-bond acceptors (Lipinski definition) is 3. The van der Waals surface area contributed by atoms with Gasteiger partial charge in [0.25, 0.3) is 0 Å². The third-order valence-electron chi connectivity index (χ3n) is 2.87. The van der Waals surface area contributed by atoms with Crippen LogP contribution in [0.25, 0.3) is 22.3 Å². The quantitative estimate of drug-likeness (QED) is 0.722. The number of nitrogens with zero attached hydrogens (tertiary/aromatic N) is 2. The van der Waals surface area contributed by atoms with Crippen molar-refractivity contribution in [1.29, 1.82) is 0 Å². The summed E-state index contributed by atoms with van der Waals surface area (Å²) in [6, 6.07) is 9.72. The fourth-order valence-electron chi connectivity index (χ4n) is 2.02. The Balaban J connectivity index is 2.12. The second kappa shape index (κ2) is 4.23. The highest BCUT2D eigenvalue weighted by Crippen LogP contribution is 2.21. The molecule has 2 N–H and O–H groups in total. The van der Waals surface area contributed by atoms with E-state index < -0.39 is 0 Å². The Morgan fingerprint density at radius 3 is 3.00 bits per heavy atom. The number of aliphatic hydroxyl groups excluding tert-OH is 1. The number of aromatic amines is 1. The van der Waals surface area contributed by atoms with Gasteiger partial charge in [-0.05, 0) is 31.2 Å². The number of H-pyrrole nitrogens is 1. The topological polar surface area (TPSA) is 61.8 Å². The van der Waals surface area contributed by atoms with Crippen LogP contribution in [-0.2, 0) is 6.61 Å². The van der Waals surface area contributed by atoms with Crippen molar-refractivity contribution in [3.05, 3.63) is 47.9 Å². The number of rotatable bonds is 2. The van der Waals surface area contributed by atoms with Crippen molar-refractivity contribution in [1.82, 2.24) is 15.0 Å². The maximum absolute atomic E-state index is 9.10. The van der Waals surface area contributed by atoms with E-state index in [9.17, 15) is 0 Å². The Kier molecular flexibility index (Phi) is 2.57. The molecule has 0 saturated heterocycles. The van der Waals surface area contributed by atoms with Crippen molar-refractivity contribution >= 4 is 11.0 Å². The third kappa shape index (κ3) is 1.87. The first kappa shape index (κ1) is 10.9. The van der Waals surface area contributed by atoms with Crippen LogP contribution >= 0.6 is 0 Å². The minimum absolute atomic E-state index is 0.0488. The van der Waals surface area contributed by atoms with Crippen LogP contribution < -0.4 is 0 Å². The number of aliphatic hydroxyl groups is 1. The van der Waals surface area contributed by atoms with Crippen LogP contribution in [0.5, 0.6) is 0 Å². The van der Waals surface area contributed by atoms with Gasteiger partial charge in [-0.2, -0.15) is 0 Å². The monoisotopic (exact) mass is 239 g/mol. The van der Waals surface area contributed by atoms with Crippen molar-refractivity contribution in [2.24, 2.45) is 0 Å². The number of fused-ring (bicyclic) bond motifs is 1. The lowest BCUT2D eigenvalue weighted by atomic mass is 10.1. The van der Waals surface area contributed by atoms with Crippen molar-refractivity contribution < 1.29 is 5.11 Å². The van der Waals surface area contributed by atoms with Crippen LogP contribution in [0.4, 0.5) is 0 Å². The van der Waals surface area contributed by atoms with Gasteiger partial charge < -0.3 is 10.1 Å². The molecule has 0 bridgehead atoms. The minimum Gasteiger partial charge on any atom is -0.390 e. The van der Waals surface area contributed by atoms with E-state index in [0.717, 1.165) is 28.0 Å².